The second-order valence-corrected chi connectivity index (χ2v) is 3.42. The van der Waals surface area contributed by atoms with Gasteiger partial charge in [-0.25, -0.2) is 0 Å². The van der Waals surface area contributed by atoms with Crippen LogP contribution in [-0.4, -0.2) is 23.5 Å². The van der Waals surface area contributed by atoms with Crippen molar-refractivity contribution >= 4 is 0 Å². The molecule has 1 aliphatic rings. The normalized spacial score (nSPS) is 27.5. The van der Waals surface area contributed by atoms with E-state index in [0.717, 1.165) is 0 Å². The fourth-order valence-electron chi connectivity index (χ4n) is 1.46. The number of aliphatic hydroxyl groups excluding tert-OH is 1. The Morgan fingerprint density at radius 2 is 1.80 bits per heavy atom. The average Bonchev–Trinajstić information content (AvgIpc) is 2.96. The van der Waals surface area contributed by atoms with Crippen LogP contribution in [0.3, 0.4) is 0 Å². The minimum atomic E-state index is -4.62. The Hall–Kier alpha value is -1.07. The molecule has 1 fully saturated rings. The minimum Gasteiger partial charge on any atom is -0.381 e. The average molecular weight is 218 g/mol. The number of alkyl halides is 3. The van der Waals surface area contributed by atoms with E-state index in [2.05, 4.69) is 0 Å². The highest BCUT2D eigenvalue weighted by Crippen LogP contribution is 2.44. The molecule has 0 radical (unpaired) electrons. The smallest absolute Gasteiger partial charge is 0.381 e. The third-order valence-corrected chi connectivity index (χ3v) is 2.30. The van der Waals surface area contributed by atoms with Gasteiger partial charge in [0.25, 0.3) is 0 Å². The van der Waals surface area contributed by atoms with Gasteiger partial charge < -0.3 is 9.84 Å². The van der Waals surface area contributed by atoms with E-state index >= 15 is 0 Å². The predicted molar refractivity (Wildman–Crippen MR) is 46.1 cm³/mol. The molecule has 0 aliphatic carbocycles. The summed E-state index contributed by atoms with van der Waals surface area (Å²) in [6.07, 6.45) is -8.81. The Balaban J connectivity index is 2.03. The molecular formula is C10H9F3O2. The summed E-state index contributed by atoms with van der Waals surface area (Å²) in [4.78, 5) is 0. The molecule has 1 aliphatic heterocycles. The molecule has 82 valence electrons. The number of hydrogen-bond acceptors (Lipinski definition) is 2. The first-order valence-corrected chi connectivity index (χ1v) is 4.45. The lowest BCUT2D eigenvalue weighted by molar-refractivity contribution is -0.208. The molecule has 1 N–H and O–H groups in total. The molecule has 2 rings (SSSR count). The van der Waals surface area contributed by atoms with Crippen molar-refractivity contribution in [3.63, 3.8) is 0 Å². The van der Waals surface area contributed by atoms with E-state index in [4.69, 9.17) is 9.84 Å². The van der Waals surface area contributed by atoms with E-state index in [9.17, 15) is 13.2 Å². The zero-order valence-electron chi connectivity index (χ0n) is 7.61. The van der Waals surface area contributed by atoms with Crippen molar-refractivity contribution < 1.29 is 23.0 Å². The molecule has 0 saturated carbocycles. The van der Waals surface area contributed by atoms with E-state index < -0.39 is 24.5 Å². The van der Waals surface area contributed by atoms with Crippen LogP contribution in [0.1, 0.15) is 11.7 Å². The number of aliphatic hydroxyl groups is 1. The van der Waals surface area contributed by atoms with Gasteiger partial charge in [0.05, 0.1) is 0 Å². The second-order valence-electron chi connectivity index (χ2n) is 3.42. The van der Waals surface area contributed by atoms with E-state index in [0.29, 0.717) is 5.56 Å². The molecule has 1 aromatic rings. The van der Waals surface area contributed by atoms with Gasteiger partial charge in [-0.3, -0.25) is 0 Å². The van der Waals surface area contributed by atoms with Gasteiger partial charge in [-0.05, 0) is 5.56 Å². The van der Waals surface area contributed by atoms with Crippen LogP contribution in [-0.2, 0) is 4.74 Å². The van der Waals surface area contributed by atoms with Crippen molar-refractivity contribution in [3.05, 3.63) is 35.9 Å². The van der Waals surface area contributed by atoms with Gasteiger partial charge in [0.15, 0.2) is 6.10 Å². The number of hydrogen-bond donors (Lipinski definition) is 1. The van der Waals surface area contributed by atoms with Gasteiger partial charge in [0.1, 0.15) is 12.2 Å². The molecule has 3 atom stereocenters. The molecule has 0 bridgehead atoms. The zero-order chi connectivity index (χ0) is 11.1. The van der Waals surface area contributed by atoms with E-state index in [-0.39, 0.29) is 0 Å². The highest BCUT2D eigenvalue weighted by molar-refractivity contribution is 5.23. The van der Waals surface area contributed by atoms with Gasteiger partial charge in [0, 0.05) is 0 Å². The van der Waals surface area contributed by atoms with Gasteiger partial charge in [-0.1, -0.05) is 30.3 Å². The van der Waals surface area contributed by atoms with Crippen LogP contribution in [0.25, 0.3) is 0 Å². The summed E-state index contributed by atoms with van der Waals surface area (Å²) in [7, 11) is 0. The molecule has 15 heavy (non-hydrogen) atoms. The van der Waals surface area contributed by atoms with Gasteiger partial charge in [-0.15, -0.1) is 0 Å². The van der Waals surface area contributed by atoms with E-state index in [1.54, 1.807) is 30.3 Å². The summed E-state index contributed by atoms with van der Waals surface area (Å²) >= 11 is 0. The second kappa shape index (κ2) is 3.50. The van der Waals surface area contributed by atoms with Crippen LogP contribution in [0, 0.1) is 0 Å². The van der Waals surface area contributed by atoms with Crippen molar-refractivity contribution in [2.75, 3.05) is 0 Å². The number of benzene rings is 1. The molecule has 0 amide bonds. The molecule has 1 heterocycles. The van der Waals surface area contributed by atoms with E-state index in [1.165, 1.54) is 0 Å². The molecule has 5 heteroatoms. The Kier molecular flexibility index (Phi) is 2.44. The molecule has 1 aromatic carbocycles. The summed E-state index contributed by atoms with van der Waals surface area (Å²) in [6.45, 7) is 0. The molecule has 1 saturated heterocycles. The SMILES string of the molecule is O[C@@H]([C@H]1O[C@H]1c1ccccc1)C(F)(F)F. The van der Waals surface area contributed by atoms with Crippen molar-refractivity contribution in [2.45, 2.75) is 24.5 Å². The summed E-state index contributed by atoms with van der Waals surface area (Å²) < 4.78 is 41.1. The summed E-state index contributed by atoms with van der Waals surface area (Å²) in [5.74, 6) is 0. The third kappa shape index (κ3) is 2.13. The van der Waals surface area contributed by atoms with Crippen molar-refractivity contribution in [1.29, 1.82) is 0 Å². The van der Waals surface area contributed by atoms with Crippen LogP contribution in [0.5, 0.6) is 0 Å². The fourth-order valence-corrected chi connectivity index (χ4v) is 1.46. The standard InChI is InChI=1S/C10H9F3O2/c11-10(12,13)9(14)8-7(15-8)6-4-2-1-3-5-6/h1-5,7-9,14H/t7-,8-,9-/m0/s1. The largest absolute Gasteiger partial charge is 0.417 e. The van der Waals surface area contributed by atoms with Gasteiger partial charge in [-0.2, -0.15) is 13.2 Å². The van der Waals surface area contributed by atoms with Gasteiger partial charge in [0.2, 0.25) is 0 Å². The number of rotatable bonds is 2. The van der Waals surface area contributed by atoms with Crippen molar-refractivity contribution in [1.82, 2.24) is 0 Å². The molecule has 0 unspecified atom stereocenters. The lowest BCUT2D eigenvalue weighted by atomic mass is 10.1. The number of halogens is 3. The summed E-state index contributed by atoms with van der Waals surface area (Å²) in [6, 6.07) is 8.55. The van der Waals surface area contributed by atoms with Crippen molar-refractivity contribution in [2.24, 2.45) is 0 Å². The van der Waals surface area contributed by atoms with Crippen LogP contribution in [0.15, 0.2) is 30.3 Å². The predicted octanol–water partition coefficient (Wildman–Crippen LogP) is 2.05. The van der Waals surface area contributed by atoms with Crippen LogP contribution in [0.2, 0.25) is 0 Å². The first-order chi connectivity index (χ1) is 7.00. The molecular weight excluding hydrogens is 209 g/mol. The Morgan fingerprint density at radius 3 is 2.33 bits per heavy atom. The highest BCUT2D eigenvalue weighted by atomic mass is 19.4. The van der Waals surface area contributed by atoms with E-state index in [1.807, 2.05) is 0 Å². The molecule has 0 aromatic heterocycles. The number of ether oxygens (including phenoxy) is 1. The van der Waals surface area contributed by atoms with Crippen LogP contribution < -0.4 is 0 Å². The lowest BCUT2D eigenvalue weighted by Crippen LogP contribution is -2.33. The topological polar surface area (TPSA) is 32.8 Å². The molecule has 0 spiro atoms. The maximum atomic E-state index is 12.1. The molecule has 2 nitrogen and oxygen atoms in total. The maximum Gasteiger partial charge on any atom is 0.417 e. The Labute approximate surface area is 84.3 Å². The lowest BCUT2D eigenvalue weighted by Gasteiger charge is -2.11. The monoisotopic (exact) mass is 218 g/mol. The van der Waals surface area contributed by atoms with Crippen molar-refractivity contribution in [3.8, 4) is 0 Å². The first kappa shape index (κ1) is 10.4. The Morgan fingerprint density at radius 1 is 1.20 bits per heavy atom. The maximum absolute atomic E-state index is 12.1. The first-order valence-electron chi connectivity index (χ1n) is 4.45. The van der Waals surface area contributed by atoms with Gasteiger partial charge >= 0.3 is 6.18 Å². The highest BCUT2D eigenvalue weighted by Gasteiger charge is 2.56. The Bertz CT molecular complexity index is 336. The van der Waals surface area contributed by atoms with Crippen LogP contribution in [0.4, 0.5) is 13.2 Å². The minimum absolute atomic E-state index is 0.636. The summed E-state index contributed by atoms with van der Waals surface area (Å²) in [5.41, 5.74) is 0.658. The third-order valence-electron chi connectivity index (χ3n) is 2.30. The van der Waals surface area contributed by atoms with Crippen LogP contribution >= 0.6 is 0 Å². The zero-order valence-corrected chi connectivity index (χ0v) is 7.61. The summed E-state index contributed by atoms with van der Waals surface area (Å²) in [5, 5.41) is 8.91. The quantitative estimate of drug-likeness (QED) is 0.770. The fraction of sp³-hybridized carbons (Fsp3) is 0.400. The number of epoxide rings is 1.